The van der Waals surface area contributed by atoms with Gasteiger partial charge >= 0.3 is 0 Å². The fourth-order valence-electron chi connectivity index (χ4n) is 3.14. The summed E-state index contributed by atoms with van der Waals surface area (Å²) < 4.78 is 1.96. The van der Waals surface area contributed by atoms with Gasteiger partial charge in [-0.2, -0.15) is 5.10 Å². The number of nitrogens with zero attached hydrogens (tertiary/aromatic N) is 4. The minimum Gasteiger partial charge on any atom is -0.312 e. The van der Waals surface area contributed by atoms with E-state index < -0.39 is 0 Å². The zero-order valence-corrected chi connectivity index (χ0v) is 13.5. The molecule has 0 fully saturated rings. The lowest BCUT2D eigenvalue weighted by Gasteiger charge is -2.18. The van der Waals surface area contributed by atoms with Gasteiger partial charge in [-0.15, -0.1) is 0 Å². The van der Waals surface area contributed by atoms with E-state index in [9.17, 15) is 0 Å². The van der Waals surface area contributed by atoms with Crippen molar-refractivity contribution in [2.24, 2.45) is 0 Å². The molecule has 1 N–H and O–H groups in total. The predicted octanol–water partition coefficient (Wildman–Crippen LogP) is 2.08. The first-order valence-electron chi connectivity index (χ1n) is 8.28. The molecule has 5 nitrogen and oxygen atoms in total. The predicted molar refractivity (Wildman–Crippen MR) is 86.8 cm³/mol. The van der Waals surface area contributed by atoms with Gasteiger partial charge in [-0.3, -0.25) is 4.68 Å². The van der Waals surface area contributed by atoms with Gasteiger partial charge < -0.3 is 5.32 Å². The van der Waals surface area contributed by atoms with Gasteiger partial charge in [-0.05, 0) is 51.2 Å². The van der Waals surface area contributed by atoms with E-state index in [0.717, 1.165) is 38.2 Å². The summed E-state index contributed by atoms with van der Waals surface area (Å²) in [6.07, 6.45) is 9.52. The lowest BCUT2D eigenvalue weighted by Crippen LogP contribution is -2.32. The van der Waals surface area contributed by atoms with Gasteiger partial charge in [0.05, 0.1) is 6.54 Å². The zero-order valence-electron chi connectivity index (χ0n) is 13.5. The van der Waals surface area contributed by atoms with Crippen LogP contribution in [0.5, 0.6) is 0 Å². The number of aromatic nitrogens is 4. The number of nitrogens with one attached hydrogen (secondary N) is 1. The van der Waals surface area contributed by atoms with E-state index in [4.69, 9.17) is 9.97 Å². The van der Waals surface area contributed by atoms with Crippen LogP contribution in [-0.2, 0) is 25.8 Å². The highest BCUT2D eigenvalue weighted by atomic mass is 15.3. The van der Waals surface area contributed by atoms with Gasteiger partial charge in [0, 0.05) is 42.8 Å². The van der Waals surface area contributed by atoms with Crippen molar-refractivity contribution in [3.05, 3.63) is 41.2 Å². The number of rotatable bonds is 6. The Kier molecular flexibility index (Phi) is 4.83. The zero-order chi connectivity index (χ0) is 15.4. The smallest absolute Gasteiger partial charge is 0.130 e. The molecule has 2 aromatic heterocycles. The van der Waals surface area contributed by atoms with E-state index in [0.29, 0.717) is 6.04 Å². The largest absolute Gasteiger partial charge is 0.312 e. The Bertz CT molecular complexity index is 606. The molecule has 118 valence electrons. The highest BCUT2D eigenvalue weighted by molar-refractivity contribution is 5.27. The van der Waals surface area contributed by atoms with E-state index in [2.05, 4.69) is 24.3 Å². The fourth-order valence-corrected chi connectivity index (χ4v) is 3.14. The van der Waals surface area contributed by atoms with Crippen molar-refractivity contribution in [3.63, 3.8) is 0 Å². The highest BCUT2D eigenvalue weighted by Crippen LogP contribution is 2.21. The van der Waals surface area contributed by atoms with Gasteiger partial charge in [0.1, 0.15) is 5.82 Å². The van der Waals surface area contributed by atoms with Crippen LogP contribution in [0.25, 0.3) is 0 Å². The van der Waals surface area contributed by atoms with E-state index in [1.54, 1.807) is 0 Å². The maximum Gasteiger partial charge on any atom is 0.130 e. The van der Waals surface area contributed by atoms with Crippen LogP contribution in [0.1, 0.15) is 42.5 Å². The molecular weight excluding hydrogens is 274 g/mol. The van der Waals surface area contributed by atoms with Crippen LogP contribution in [0.2, 0.25) is 0 Å². The summed E-state index contributed by atoms with van der Waals surface area (Å²) in [5.74, 6) is 0.983. The summed E-state index contributed by atoms with van der Waals surface area (Å²) in [7, 11) is 0. The van der Waals surface area contributed by atoms with Crippen molar-refractivity contribution in [2.75, 3.05) is 6.54 Å². The summed E-state index contributed by atoms with van der Waals surface area (Å²) in [6.45, 7) is 6.10. The SMILES string of the molecule is Cc1nc(CCN[C@@H](C)Cn2cccn2)nc2c1CCCC2. The van der Waals surface area contributed by atoms with Crippen LogP contribution in [0.3, 0.4) is 0 Å². The number of hydrogen-bond donors (Lipinski definition) is 1. The monoisotopic (exact) mass is 299 g/mol. The summed E-state index contributed by atoms with van der Waals surface area (Å²) >= 11 is 0. The summed E-state index contributed by atoms with van der Waals surface area (Å²) in [5, 5.41) is 7.76. The molecule has 5 heteroatoms. The second-order valence-corrected chi connectivity index (χ2v) is 6.19. The lowest BCUT2D eigenvalue weighted by atomic mass is 9.95. The molecule has 2 aromatic rings. The average Bonchev–Trinajstić information content (AvgIpc) is 3.00. The molecule has 0 radical (unpaired) electrons. The molecule has 0 bridgehead atoms. The van der Waals surface area contributed by atoms with Crippen LogP contribution < -0.4 is 5.32 Å². The van der Waals surface area contributed by atoms with Crippen molar-refractivity contribution >= 4 is 0 Å². The average molecular weight is 299 g/mol. The second kappa shape index (κ2) is 7.01. The molecular formula is C17H25N5. The third-order valence-corrected chi connectivity index (χ3v) is 4.30. The van der Waals surface area contributed by atoms with Gasteiger partial charge in [0.15, 0.2) is 0 Å². The summed E-state index contributed by atoms with van der Waals surface area (Å²) in [5.41, 5.74) is 3.87. The molecule has 0 spiro atoms. The van der Waals surface area contributed by atoms with Crippen LogP contribution >= 0.6 is 0 Å². The van der Waals surface area contributed by atoms with Gasteiger partial charge in [0.2, 0.25) is 0 Å². The first-order valence-corrected chi connectivity index (χ1v) is 8.28. The van der Waals surface area contributed by atoms with Gasteiger partial charge in [0.25, 0.3) is 0 Å². The van der Waals surface area contributed by atoms with Crippen molar-refractivity contribution in [2.45, 2.75) is 58.5 Å². The second-order valence-electron chi connectivity index (χ2n) is 6.19. The summed E-state index contributed by atoms with van der Waals surface area (Å²) in [6, 6.07) is 2.34. The van der Waals surface area contributed by atoms with E-state index in [1.807, 2.05) is 23.1 Å². The van der Waals surface area contributed by atoms with Gasteiger partial charge in [-0.25, -0.2) is 9.97 Å². The first-order chi connectivity index (χ1) is 10.7. The Morgan fingerprint density at radius 1 is 1.27 bits per heavy atom. The van der Waals surface area contributed by atoms with Crippen LogP contribution in [0.4, 0.5) is 0 Å². The molecule has 1 aliphatic rings. The molecule has 0 amide bonds. The Hall–Kier alpha value is -1.75. The molecule has 3 rings (SSSR count). The third-order valence-electron chi connectivity index (χ3n) is 4.30. The number of fused-ring (bicyclic) bond motifs is 1. The molecule has 0 saturated heterocycles. The Morgan fingerprint density at radius 2 is 2.14 bits per heavy atom. The molecule has 1 aliphatic carbocycles. The molecule has 22 heavy (non-hydrogen) atoms. The first kappa shape index (κ1) is 15.2. The minimum atomic E-state index is 0.388. The van der Waals surface area contributed by atoms with Crippen molar-refractivity contribution < 1.29 is 0 Å². The quantitative estimate of drug-likeness (QED) is 0.887. The van der Waals surface area contributed by atoms with Crippen LogP contribution in [0, 0.1) is 6.92 Å². The topological polar surface area (TPSA) is 55.6 Å². The van der Waals surface area contributed by atoms with E-state index in [-0.39, 0.29) is 0 Å². The van der Waals surface area contributed by atoms with Crippen LogP contribution in [-0.4, -0.2) is 32.3 Å². The van der Waals surface area contributed by atoms with Crippen molar-refractivity contribution in [1.82, 2.24) is 25.1 Å². The highest BCUT2D eigenvalue weighted by Gasteiger charge is 2.15. The van der Waals surface area contributed by atoms with E-state index in [1.165, 1.54) is 29.8 Å². The molecule has 0 saturated carbocycles. The van der Waals surface area contributed by atoms with Crippen molar-refractivity contribution in [3.8, 4) is 0 Å². The maximum absolute atomic E-state index is 4.78. The maximum atomic E-state index is 4.78. The summed E-state index contributed by atoms with van der Waals surface area (Å²) in [4.78, 5) is 9.47. The van der Waals surface area contributed by atoms with Gasteiger partial charge in [-0.1, -0.05) is 0 Å². The lowest BCUT2D eigenvalue weighted by molar-refractivity contribution is 0.452. The standard InChI is InChI=1S/C17H25N5/c1-13(12-22-11-5-9-19-22)18-10-8-17-20-14(2)15-6-3-4-7-16(15)21-17/h5,9,11,13,18H,3-4,6-8,10,12H2,1-2H3/t13-/m0/s1. The Labute approximate surface area is 132 Å². The Balaban J connectivity index is 1.52. The Morgan fingerprint density at radius 3 is 2.95 bits per heavy atom. The molecule has 1 atom stereocenters. The third kappa shape index (κ3) is 3.71. The normalized spacial score (nSPS) is 15.5. The fraction of sp³-hybridized carbons (Fsp3) is 0.588. The molecule has 0 aromatic carbocycles. The molecule has 0 aliphatic heterocycles. The minimum absolute atomic E-state index is 0.388. The van der Waals surface area contributed by atoms with Crippen molar-refractivity contribution in [1.29, 1.82) is 0 Å². The molecule has 2 heterocycles. The van der Waals surface area contributed by atoms with Crippen LogP contribution in [0.15, 0.2) is 18.5 Å². The number of aryl methyl sites for hydroxylation is 2. The van der Waals surface area contributed by atoms with E-state index >= 15 is 0 Å². The number of hydrogen-bond acceptors (Lipinski definition) is 4. The molecule has 0 unspecified atom stereocenters.